The summed E-state index contributed by atoms with van der Waals surface area (Å²) in [7, 11) is 0. The maximum absolute atomic E-state index is 11.0. The van der Waals surface area contributed by atoms with Crippen molar-refractivity contribution in [1.82, 2.24) is 5.32 Å². The zero-order chi connectivity index (χ0) is 13.8. The normalized spacial score (nSPS) is 12.8. The Bertz CT molecular complexity index is 531. The molecule has 2 rings (SSSR count). The molecule has 0 aliphatic carbocycles. The summed E-state index contributed by atoms with van der Waals surface area (Å²) in [5, 5.41) is 14.4. The number of thiophene rings is 1. The van der Waals surface area contributed by atoms with E-state index in [0.29, 0.717) is 18.0 Å². The van der Waals surface area contributed by atoms with E-state index >= 15 is 0 Å². The van der Waals surface area contributed by atoms with Gasteiger partial charge in [0.2, 0.25) is 5.76 Å². The van der Waals surface area contributed by atoms with E-state index in [9.17, 15) is 4.79 Å². The molecule has 0 saturated carbocycles. The van der Waals surface area contributed by atoms with Gasteiger partial charge in [0.1, 0.15) is 0 Å². The van der Waals surface area contributed by atoms with Gasteiger partial charge < -0.3 is 14.8 Å². The zero-order valence-corrected chi connectivity index (χ0v) is 11.7. The van der Waals surface area contributed by atoms with Crippen molar-refractivity contribution in [3.05, 3.63) is 46.0 Å². The molecule has 2 aromatic heterocycles. The lowest BCUT2D eigenvalue weighted by Crippen LogP contribution is -2.25. The Balaban J connectivity index is 2.07. The van der Waals surface area contributed by atoms with Crippen LogP contribution < -0.4 is 5.32 Å². The summed E-state index contributed by atoms with van der Waals surface area (Å²) in [6, 6.07) is 6.03. The third-order valence-electron chi connectivity index (χ3n) is 2.97. The van der Waals surface area contributed by atoms with Crippen LogP contribution in [-0.2, 0) is 6.54 Å². The van der Waals surface area contributed by atoms with Gasteiger partial charge in [-0.2, -0.15) is 0 Å². The lowest BCUT2D eigenvalue weighted by molar-refractivity contribution is 0.0660. The molecular weight excluding hydrogens is 262 g/mol. The number of carbonyl (C=O) groups is 1. The van der Waals surface area contributed by atoms with Gasteiger partial charge in [-0.1, -0.05) is 19.9 Å². The maximum Gasteiger partial charge on any atom is 0.372 e. The monoisotopic (exact) mass is 279 g/mol. The van der Waals surface area contributed by atoms with E-state index in [-0.39, 0.29) is 11.8 Å². The number of hydrogen-bond acceptors (Lipinski definition) is 4. The molecule has 0 bridgehead atoms. The highest BCUT2D eigenvalue weighted by Crippen LogP contribution is 2.26. The molecule has 1 unspecified atom stereocenters. The van der Waals surface area contributed by atoms with Crippen LogP contribution in [0, 0.1) is 5.92 Å². The molecule has 2 heterocycles. The Morgan fingerprint density at radius 3 is 2.84 bits per heavy atom. The van der Waals surface area contributed by atoms with Gasteiger partial charge in [-0.25, -0.2) is 4.79 Å². The summed E-state index contributed by atoms with van der Waals surface area (Å²) >= 11 is 1.70. The van der Waals surface area contributed by atoms with Crippen molar-refractivity contribution >= 4 is 17.3 Å². The molecule has 0 spiro atoms. The van der Waals surface area contributed by atoms with Gasteiger partial charge in [-0.05, 0) is 23.4 Å². The predicted octanol–water partition coefficient (Wildman–Crippen LogP) is 3.53. The minimum Gasteiger partial charge on any atom is -0.475 e. The van der Waals surface area contributed by atoms with E-state index in [1.54, 1.807) is 17.4 Å². The summed E-state index contributed by atoms with van der Waals surface area (Å²) < 4.78 is 4.97. The first-order valence-corrected chi connectivity index (χ1v) is 7.04. The Labute approximate surface area is 116 Å². The predicted molar refractivity (Wildman–Crippen MR) is 74.4 cm³/mol. The van der Waals surface area contributed by atoms with Crippen molar-refractivity contribution < 1.29 is 14.3 Å². The second-order valence-corrected chi connectivity index (χ2v) is 5.68. The van der Waals surface area contributed by atoms with Crippen LogP contribution in [0.25, 0.3) is 0 Å². The minimum atomic E-state index is -1.03. The molecule has 2 aromatic rings. The summed E-state index contributed by atoms with van der Waals surface area (Å²) in [6.07, 6.45) is 1.41. The first-order valence-electron chi connectivity index (χ1n) is 6.16. The van der Waals surface area contributed by atoms with Crippen LogP contribution in [0.5, 0.6) is 0 Å². The number of carboxylic acid groups (broad SMARTS) is 1. The summed E-state index contributed by atoms with van der Waals surface area (Å²) in [5.41, 5.74) is 0.676. The highest BCUT2D eigenvalue weighted by atomic mass is 32.1. The van der Waals surface area contributed by atoms with E-state index < -0.39 is 5.97 Å². The molecule has 0 saturated heterocycles. The van der Waals surface area contributed by atoms with Crippen molar-refractivity contribution in [2.24, 2.45) is 5.92 Å². The number of nitrogens with one attached hydrogen (secondary N) is 1. The van der Waals surface area contributed by atoms with E-state index in [0.717, 1.165) is 0 Å². The minimum absolute atomic E-state index is 0.0150. The second kappa shape index (κ2) is 6.04. The smallest absolute Gasteiger partial charge is 0.372 e. The second-order valence-electron chi connectivity index (χ2n) is 4.70. The van der Waals surface area contributed by atoms with Crippen LogP contribution in [-0.4, -0.2) is 11.1 Å². The quantitative estimate of drug-likeness (QED) is 0.849. The zero-order valence-electron chi connectivity index (χ0n) is 10.9. The van der Waals surface area contributed by atoms with Crippen LogP contribution in [0.1, 0.15) is 40.9 Å². The number of hydrogen-bond donors (Lipinski definition) is 2. The topological polar surface area (TPSA) is 62.5 Å². The average molecular weight is 279 g/mol. The molecule has 0 radical (unpaired) electrons. The average Bonchev–Trinajstić information content (AvgIpc) is 2.98. The molecule has 1 atom stereocenters. The number of aromatic carboxylic acids is 1. The number of rotatable bonds is 6. The van der Waals surface area contributed by atoms with Gasteiger partial charge in [-0.3, -0.25) is 0 Å². The summed E-state index contributed by atoms with van der Waals surface area (Å²) in [5.74, 6) is -0.584. The summed E-state index contributed by atoms with van der Waals surface area (Å²) in [6.45, 7) is 4.77. The molecule has 0 amide bonds. The molecule has 2 N–H and O–H groups in total. The van der Waals surface area contributed by atoms with Crippen LogP contribution in [0.4, 0.5) is 0 Å². The first-order chi connectivity index (χ1) is 9.09. The van der Waals surface area contributed by atoms with Gasteiger partial charge in [0.05, 0.1) is 6.26 Å². The van der Waals surface area contributed by atoms with Crippen LogP contribution in [0.3, 0.4) is 0 Å². The number of carboxylic acids is 1. The van der Waals surface area contributed by atoms with Gasteiger partial charge >= 0.3 is 5.97 Å². The van der Waals surface area contributed by atoms with Gasteiger partial charge in [-0.15, -0.1) is 11.3 Å². The Hall–Kier alpha value is -1.59. The molecule has 5 heteroatoms. The fourth-order valence-electron chi connectivity index (χ4n) is 2.02. The van der Waals surface area contributed by atoms with Crippen LogP contribution in [0.15, 0.2) is 34.3 Å². The molecular formula is C14H17NO3S. The molecule has 0 fully saturated rings. The fourth-order valence-corrected chi connectivity index (χ4v) is 2.99. The molecule has 0 aliphatic heterocycles. The SMILES string of the molecule is CC(C)C(NCc1ccoc1C(=O)O)c1cccs1. The third-order valence-corrected chi connectivity index (χ3v) is 3.93. The highest BCUT2D eigenvalue weighted by molar-refractivity contribution is 7.10. The maximum atomic E-state index is 11.0. The Morgan fingerprint density at radius 1 is 1.47 bits per heavy atom. The van der Waals surface area contributed by atoms with Gasteiger partial charge in [0, 0.05) is 23.0 Å². The molecule has 0 aromatic carbocycles. The van der Waals surface area contributed by atoms with Crippen molar-refractivity contribution in [2.45, 2.75) is 26.4 Å². The molecule has 102 valence electrons. The standard InChI is InChI=1S/C14H17NO3S/c1-9(2)12(11-4-3-7-19-11)15-8-10-5-6-18-13(10)14(16)17/h3-7,9,12,15H,8H2,1-2H3,(H,16,17). The lowest BCUT2D eigenvalue weighted by atomic mass is 10.0. The van der Waals surface area contributed by atoms with E-state index in [1.165, 1.54) is 11.1 Å². The highest BCUT2D eigenvalue weighted by Gasteiger charge is 2.19. The van der Waals surface area contributed by atoms with Crippen molar-refractivity contribution in [3.8, 4) is 0 Å². The Kier molecular flexibility index (Phi) is 4.39. The van der Waals surface area contributed by atoms with Crippen molar-refractivity contribution in [2.75, 3.05) is 0 Å². The fraction of sp³-hybridized carbons (Fsp3) is 0.357. The van der Waals surface area contributed by atoms with Crippen LogP contribution in [0.2, 0.25) is 0 Å². The third kappa shape index (κ3) is 3.24. The largest absolute Gasteiger partial charge is 0.475 e. The van der Waals surface area contributed by atoms with Crippen molar-refractivity contribution in [1.29, 1.82) is 0 Å². The van der Waals surface area contributed by atoms with E-state index in [1.807, 2.05) is 11.4 Å². The summed E-state index contributed by atoms with van der Waals surface area (Å²) in [4.78, 5) is 12.2. The molecule has 4 nitrogen and oxygen atoms in total. The number of furan rings is 1. The first kappa shape index (κ1) is 13.8. The van der Waals surface area contributed by atoms with Crippen LogP contribution >= 0.6 is 11.3 Å². The molecule has 19 heavy (non-hydrogen) atoms. The van der Waals surface area contributed by atoms with E-state index in [2.05, 4.69) is 25.2 Å². The Morgan fingerprint density at radius 2 is 2.26 bits per heavy atom. The van der Waals surface area contributed by atoms with Gasteiger partial charge in [0.25, 0.3) is 0 Å². The van der Waals surface area contributed by atoms with Crippen molar-refractivity contribution in [3.63, 3.8) is 0 Å². The van der Waals surface area contributed by atoms with E-state index in [4.69, 9.17) is 9.52 Å². The lowest BCUT2D eigenvalue weighted by Gasteiger charge is -2.21. The van der Waals surface area contributed by atoms with Gasteiger partial charge in [0.15, 0.2) is 0 Å². The molecule has 0 aliphatic rings.